The Morgan fingerprint density at radius 3 is 2.93 bits per heavy atom. The minimum Gasteiger partial charge on any atom is -0.366 e. The summed E-state index contributed by atoms with van der Waals surface area (Å²) in [6.45, 7) is 3.90. The monoisotopic (exact) mass is 227 g/mol. The average Bonchev–Trinajstić information content (AvgIpc) is 2.15. The summed E-state index contributed by atoms with van der Waals surface area (Å²) >= 11 is 1.79. The highest BCUT2D eigenvalue weighted by Gasteiger charge is 2.06. The van der Waals surface area contributed by atoms with Crippen LogP contribution < -0.4 is 10.9 Å². The lowest BCUT2D eigenvalue weighted by atomic mass is 10.2. The van der Waals surface area contributed by atoms with Gasteiger partial charge in [-0.1, -0.05) is 6.92 Å². The van der Waals surface area contributed by atoms with Crippen molar-refractivity contribution in [3.05, 3.63) is 22.2 Å². The van der Waals surface area contributed by atoms with Gasteiger partial charge in [-0.2, -0.15) is 11.8 Å². The zero-order valence-corrected chi connectivity index (χ0v) is 10.1. The van der Waals surface area contributed by atoms with Gasteiger partial charge in [0.15, 0.2) is 0 Å². The number of hydrogen-bond acceptors (Lipinski definition) is 4. The van der Waals surface area contributed by atoms with E-state index < -0.39 is 0 Å². The van der Waals surface area contributed by atoms with Gasteiger partial charge in [0.2, 0.25) is 0 Å². The molecule has 0 fully saturated rings. The molecular weight excluding hydrogens is 210 g/mol. The molecule has 1 atom stereocenters. The van der Waals surface area contributed by atoms with E-state index in [0.29, 0.717) is 17.7 Å². The van der Waals surface area contributed by atoms with E-state index in [2.05, 4.69) is 28.5 Å². The SMILES string of the molecule is CCC(CSC)Nc1cc(=O)[nH]c(C)n1. The number of nitrogens with one attached hydrogen (secondary N) is 2. The Balaban J connectivity index is 2.74. The van der Waals surface area contributed by atoms with Gasteiger partial charge >= 0.3 is 0 Å². The second-order valence-corrected chi connectivity index (χ2v) is 4.33. The van der Waals surface area contributed by atoms with E-state index >= 15 is 0 Å². The highest BCUT2D eigenvalue weighted by atomic mass is 32.2. The number of aromatic amines is 1. The number of thioether (sulfide) groups is 1. The minimum absolute atomic E-state index is 0.107. The van der Waals surface area contributed by atoms with Gasteiger partial charge < -0.3 is 10.3 Å². The lowest BCUT2D eigenvalue weighted by molar-refractivity contribution is 0.767. The van der Waals surface area contributed by atoms with Crippen molar-refractivity contribution in [1.29, 1.82) is 0 Å². The first-order chi connectivity index (χ1) is 7.15. The van der Waals surface area contributed by atoms with Crippen LogP contribution in [0.25, 0.3) is 0 Å². The van der Waals surface area contributed by atoms with Gasteiger partial charge in [0.1, 0.15) is 11.6 Å². The van der Waals surface area contributed by atoms with Crippen molar-refractivity contribution in [3.63, 3.8) is 0 Å². The van der Waals surface area contributed by atoms with Crippen molar-refractivity contribution < 1.29 is 0 Å². The van der Waals surface area contributed by atoms with Crippen LogP contribution >= 0.6 is 11.8 Å². The quantitative estimate of drug-likeness (QED) is 0.802. The smallest absolute Gasteiger partial charge is 0.252 e. The maximum Gasteiger partial charge on any atom is 0.252 e. The van der Waals surface area contributed by atoms with Crippen LogP contribution in [0.1, 0.15) is 19.2 Å². The van der Waals surface area contributed by atoms with Gasteiger partial charge in [0.05, 0.1) is 0 Å². The third-order valence-corrected chi connectivity index (χ3v) is 2.81. The van der Waals surface area contributed by atoms with Crippen LogP contribution in [0.5, 0.6) is 0 Å². The molecule has 0 bridgehead atoms. The molecule has 5 heteroatoms. The van der Waals surface area contributed by atoms with E-state index in [1.807, 2.05) is 0 Å². The zero-order chi connectivity index (χ0) is 11.3. The first-order valence-corrected chi connectivity index (χ1v) is 6.38. The van der Waals surface area contributed by atoms with E-state index in [-0.39, 0.29) is 5.56 Å². The molecule has 2 N–H and O–H groups in total. The van der Waals surface area contributed by atoms with Crippen LogP contribution in [0.2, 0.25) is 0 Å². The second kappa shape index (κ2) is 5.80. The average molecular weight is 227 g/mol. The molecule has 0 saturated carbocycles. The number of aryl methyl sites for hydroxylation is 1. The fourth-order valence-corrected chi connectivity index (χ4v) is 2.05. The van der Waals surface area contributed by atoms with Crippen molar-refractivity contribution in [3.8, 4) is 0 Å². The Morgan fingerprint density at radius 2 is 2.40 bits per heavy atom. The Morgan fingerprint density at radius 1 is 1.67 bits per heavy atom. The molecule has 1 heterocycles. The molecule has 0 aliphatic rings. The molecule has 0 amide bonds. The molecule has 1 unspecified atom stereocenters. The van der Waals surface area contributed by atoms with Gasteiger partial charge in [0.25, 0.3) is 5.56 Å². The largest absolute Gasteiger partial charge is 0.366 e. The molecule has 0 radical (unpaired) electrons. The van der Waals surface area contributed by atoms with Crippen LogP contribution in [0.3, 0.4) is 0 Å². The topological polar surface area (TPSA) is 57.8 Å². The van der Waals surface area contributed by atoms with Crippen LogP contribution in [-0.4, -0.2) is 28.0 Å². The molecule has 1 aromatic rings. The van der Waals surface area contributed by atoms with E-state index in [9.17, 15) is 4.79 Å². The van der Waals surface area contributed by atoms with Crippen LogP contribution in [0, 0.1) is 6.92 Å². The molecule has 0 aliphatic heterocycles. The fraction of sp³-hybridized carbons (Fsp3) is 0.600. The Bertz CT molecular complexity index is 364. The van der Waals surface area contributed by atoms with Crippen LogP contribution in [-0.2, 0) is 0 Å². The van der Waals surface area contributed by atoms with Crippen molar-refractivity contribution in [2.75, 3.05) is 17.3 Å². The molecule has 0 spiro atoms. The predicted octanol–water partition coefficient (Wildman–Crippen LogP) is 1.63. The highest BCUT2D eigenvalue weighted by molar-refractivity contribution is 7.98. The molecule has 4 nitrogen and oxygen atoms in total. The maximum absolute atomic E-state index is 11.2. The standard InChI is InChI=1S/C10H17N3OS/c1-4-8(6-15-3)13-9-5-10(14)12-7(2)11-9/h5,8H,4,6H2,1-3H3,(H2,11,12,13,14). The highest BCUT2D eigenvalue weighted by Crippen LogP contribution is 2.08. The zero-order valence-electron chi connectivity index (χ0n) is 9.33. The third-order valence-electron chi connectivity index (χ3n) is 2.07. The van der Waals surface area contributed by atoms with Gasteiger partial charge in [-0.3, -0.25) is 4.79 Å². The first-order valence-electron chi connectivity index (χ1n) is 4.99. The van der Waals surface area contributed by atoms with Crippen molar-refractivity contribution in [1.82, 2.24) is 9.97 Å². The first kappa shape index (κ1) is 12.1. The van der Waals surface area contributed by atoms with E-state index in [0.717, 1.165) is 12.2 Å². The number of H-pyrrole nitrogens is 1. The summed E-state index contributed by atoms with van der Waals surface area (Å²) in [5.74, 6) is 2.32. The number of hydrogen-bond donors (Lipinski definition) is 2. The van der Waals surface area contributed by atoms with Crippen molar-refractivity contribution >= 4 is 17.6 Å². The lowest BCUT2D eigenvalue weighted by Crippen LogP contribution is -2.23. The summed E-state index contributed by atoms with van der Waals surface area (Å²) in [5, 5.41) is 3.26. The van der Waals surface area contributed by atoms with E-state index in [4.69, 9.17) is 0 Å². The predicted molar refractivity (Wildman–Crippen MR) is 65.7 cm³/mol. The van der Waals surface area contributed by atoms with Crippen LogP contribution in [0.4, 0.5) is 5.82 Å². The van der Waals surface area contributed by atoms with E-state index in [1.54, 1.807) is 18.7 Å². The number of nitrogens with zero attached hydrogens (tertiary/aromatic N) is 1. The van der Waals surface area contributed by atoms with E-state index in [1.165, 1.54) is 6.07 Å². The van der Waals surface area contributed by atoms with Gasteiger partial charge in [-0.05, 0) is 19.6 Å². The summed E-state index contributed by atoms with van der Waals surface area (Å²) in [7, 11) is 0. The van der Waals surface area contributed by atoms with Gasteiger partial charge in [0, 0.05) is 17.9 Å². The summed E-state index contributed by atoms with van der Waals surface area (Å²) in [6.07, 6.45) is 3.09. The molecular formula is C10H17N3OS. The van der Waals surface area contributed by atoms with Crippen molar-refractivity contribution in [2.45, 2.75) is 26.3 Å². The van der Waals surface area contributed by atoms with Crippen molar-refractivity contribution in [2.24, 2.45) is 0 Å². The number of aromatic nitrogens is 2. The third kappa shape index (κ3) is 3.95. The summed E-state index contributed by atoms with van der Waals surface area (Å²) in [6, 6.07) is 1.87. The Hall–Kier alpha value is -0.970. The molecule has 1 aromatic heterocycles. The maximum atomic E-state index is 11.2. The Labute approximate surface area is 93.9 Å². The molecule has 0 aromatic carbocycles. The summed E-state index contributed by atoms with van der Waals surface area (Å²) in [4.78, 5) is 18.0. The van der Waals surface area contributed by atoms with Gasteiger partial charge in [-0.15, -0.1) is 0 Å². The molecule has 0 aliphatic carbocycles. The molecule has 84 valence electrons. The second-order valence-electron chi connectivity index (χ2n) is 3.42. The molecule has 0 saturated heterocycles. The number of rotatable bonds is 5. The molecule has 15 heavy (non-hydrogen) atoms. The normalized spacial score (nSPS) is 12.5. The van der Waals surface area contributed by atoms with Crippen LogP contribution in [0.15, 0.2) is 10.9 Å². The Kier molecular flexibility index (Phi) is 4.68. The minimum atomic E-state index is -0.107. The lowest BCUT2D eigenvalue weighted by Gasteiger charge is -2.16. The summed E-state index contributed by atoms with van der Waals surface area (Å²) < 4.78 is 0. The molecule has 1 rings (SSSR count). The summed E-state index contributed by atoms with van der Waals surface area (Å²) in [5.41, 5.74) is -0.107. The fourth-order valence-electron chi connectivity index (χ4n) is 1.33. The van der Waals surface area contributed by atoms with Gasteiger partial charge in [-0.25, -0.2) is 4.98 Å². The number of anilines is 1.